The Morgan fingerprint density at radius 1 is 1.50 bits per heavy atom. The fourth-order valence-corrected chi connectivity index (χ4v) is 1.93. The van der Waals surface area contributed by atoms with Gasteiger partial charge >= 0.3 is 0 Å². The molecule has 0 aliphatic rings. The second kappa shape index (κ2) is 5.41. The average Bonchev–Trinajstić information content (AvgIpc) is 2.15. The molecule has 0 radical (unpaired) electrons. The van der Waals surface area contributed by atoms with E-state index in [2.05, 4.69) is 0 Å². The van der Waals surface area contributed by atoms with Crippen LogP contribution in [0.4, 0.5) is 4.39 Å². The Morgan fingerprint density at radius 3 is 2.56 bits per heavy atom. The van der Waals surface area contributed by atoms with Gasteiger partial charge in [-0.3, -0.25) is 4.79 Å². The van der Waals surface area contributed by atoms with E-state index in [4.69, 9.17) is 11.6 Å². The molecule has 0 saturated carbocycles. The molecule has 1 aromatic rings. The molecule has 0 amide bonds. The van der Waals surface area contributed by atoms with Crippen molar-refractivity contribution in [1.82, 2.24) is 4.90 Å². The van der Waals surface area contributed by atoms with Gasteiger partial charge in [-0.25, -0.2) is 4.39 Å². The molecule has 1 unspecified atom stereocenters. The lowest BCUT2D eigenvalue weighted by Crippen LogP contribution is -2.23. The van der Waals surface area contributed by atoms with Gasteiger partial charge in [0.1, 0.15) is 11.6 Å². The molecule has 16 heavy (non-hydrogen) atoms. The van der Waals surface area contributed by atoms with Crippen molar-refractivity contribution in [2.45, 2.75) is 19.4 Å². The number of nitrogens with zero attached hydrogens (tertiary/aromatic N) is 1. The Labute approximate surface area is 100 Å². The maximum absolute atomic E-state index is 13.7. The number of halogens is 2. The van der Waals surface area contributed by atoms with Crippen molar-refractivity contribution in [3.63, 3.8) is 0 Å². The minimum atomic E-state index is -0.368. The molecular formula is C12H15ClFNO. The first-order chi connectivity index (χ1) is 7.43. The third-order valence-corrected chi connectivity index (χ3v) is 2.77. The van der Waals surface area contributed by atoms with Crippen molar-refractivity contribution in [2.24, 2.45) is 0 Å². The van der Waals surface area contributed by atoms with E-state index in [1.54, 1.807) is 31.1 Å². The summed E-state index contributed by atoms with van der Waals surface area (Å²) in [5.41, 5.74) is 0.393. The summed E-state index contributed by atoms with van der Waals surface area (Å²) >= 11 is 5.97. The van der Waals surface area contributed by atoms with Gasteiger partial charge in [0.25, 0.3) is 0 Å². The largest absolute Gasteiger partial charge is 0.302 e. The minimum absolute atomic E-state index is 0.0121. The maximum atomic E-state index is 13.7. The Kier molecular flexibility index (Phi) is 4.44. The summed E-state index contributed by atoms with van der Waals surface area (Å²) in [7, 11) is 3.60. The molecule has 1 rings (SSSR count). The van der Waals surface area contributed by atoms with Gasteiger partial charge in [0.05, 0.1) is 0 Å². The van der Waals surface area contributed by atoms with Crippen LogP contribution >= 0.6 is 11.6 Å². The van der Waals surface area contributed by atoms with Gasteiger partial charge in [0, 0.05) is 23.0 Å². The number of carbonyl (C=O) groups is 1. The average molecular weight is 244 g/mol. The number of benzene rings is 1. The Balaban J connectivity index is 3.15. The molecule has 0 aromatic heterocycles. The summed E-state index contributed by atoms with van der Waals surface area (Å²) in [6.07, 6.45) is 0.258. The molecule has 88 valence electrons. The van der Waals surface area contributed by atoms with Crippen LogP contribution in [-0.4, -0.2) is 24.8 Å². The van der Waals surface area contributed by atoms with E-state index in [1.807, 2.05) is 0 Å². The summed E-state index contributed by atoms with van der Waals surface area (Å²) in [4.78, 5) is 13.0. The van der Waals surface area contributed by atoms with Gasteiger partial charge in [-0.15, -0.1) is 0 Å². The fraction of sp³-hybridized carbons (Fsp3) is 0.417. The van der Waals surface area contributed by atoms with Gasteiger partial charge in [0.2, 0.25) is 0 Å². The molecule has 1 aromatic carbocycles. The Bertz CT molecular complexity index is 372. The van der Waals surface area contributed by atoms with Crippen LogP contribution in [0.15, 0.2) is 18.2 Å². The van der Waals surface area contributed by atoms with Crippen LogP contribution in [0, 0.1) is 5.82 Å². The van der Waals surface area contributed by atoms with E-state index in [0.717, 1.165) is 0 Å². The zero-order valence-corrected chi connectivity index (χ0v) is 10.4. The molecule has 0 heterocycles. The van der Waals surface area contributed by atoms with E-state index < -0.39 is 0 Å². The molecule has 0 aliphatic carbocycles. The maximum Gasteiger partial charge on any atom is 0.131 e. The van der Waals surface area contributed by atoms with Crippen molar-refractivity contribution < 1.29 is 9.18 Å². The van der Waals surface area contributed by atoms with Crippen LogP contribution in [0.25, 0.3) is 0 Å². The van der Waals surface area contributed by atoms with E-state index in [1.165, 1.54) is 13.0 Å². The molecular weight excluding hydrogens is 229 g/mol. The minimum Gasteiger partial charge on any atom is -0.302 e. The van der Waals surface area contributed by atoms with E-state index in [9.17, 15) is 9.18 Å². The number of Topliss-reactive ketones (excluding diaryl/α,β-unsaturated/α-hetero) is 1. The number of rotatable bonds is 4. The van der Waals surface area contributed by atoms with Gasteiger partial charge in [-0.05, 0) is 33.2 Å². The summed E-state index contributed by atoms with van der Waals surface area (Å²) in [6.45, 7) is 1.49. The van der Waals surface area contributed by atoms with Gasteiger partial charge in [0.15, 0.2) is 0 Å². The van der Waals surface area contributed by atoms with Crippen molar-refractivity contribution in [1.29, 1.82) is 0 Å². The highest BCUT2D eigenvalue weighted by molar-refractivity contribution is 6.31. The predicted octanol–water partition coefficient (Wildman–Crippen LogP) is 3.06. The third kappa shape index (κ3) is 3.03. The summed E-state index contributed by atoms with van der Waals surface area (Å²) in [5, 5.41) is 0.361. The Hall–Kier alpha value is -0.930. The zero-order chi connectivity index (χ0) is 12.3. The monoisotopic (exact) mass is 243 g/mol. The number of carbonyl (C=O) groups excluding carboxylic acids is 1. The first-order valence-electron chi connectivity index (χ1n) is 5.03. The molecule has 0 spiro atoms. The quantitative estimate of drug-likeness (QED) is 0.810. The smallest absolute Gasteiger partial charge is 0.131 e. The highest BCUT2D eigenvalue weighted by Gasteiger charge is 2.22. The number of hydrogen-bond donors (Lipinski definition) is 0. The van der Waals surface area contributed by atoms with E-state index in [0.29, 0.717) is 10.6 Å². The SMILES string of the molecule is CC(=O)CC(c1c(F)cccc1Cl)N(C)C. The lowest BCUT2D eigenvalue weighted by Gasteiger charge is -2.25. The Morgan fingerprint density at radius 2 is 2.12 bits per heavy atom. The molecule has 0 bridgehead atoms. The molecule has 0 saturated heterocycles. The van der Waals surface area contributed by atoms with Crippen molar-refractivity contribution >= 4 is 17.4 Å². The highest BCUT2D eigenvalue weighted by Crippen LogP contribution is 2.31. The highest BCUT2D eigenvalue weighted by atomic mass is 35.5. The second-order valence-corrected chi connectivity index (χ2v) is 4.43. The standard InChI is InChI=1S/C12H15ClFNO/c1-8(16)7-11(15(2)3)12-9(13)5-4-6-10(12)14/h4-6,11H,7H2,1-3H3. The zero-order valence-electron chi connectivity index (χ0n) is 9.63. The molecule has 2 nitrogen and oxygen atoms in total. The van der Waals surface area contributed by atoms with Crippen LogP contribution in [0.2, 0.25) is 5.02 Å². The van der Waals surface area contributed by atoms with Crippen molar-refractivity contribution in [3.05, 3.63) is 34.6 Å². The first kappa shape index (κ1) is 13.1. The van der Waals surface area contributed by atoms with Crippen LogP contribution < -0.4 is 0 Å². The van der Waals surface area contributed by atoms with Gasteiger partial charge < -0.3 is 4.90 Å². The van der Waals surface area contributed by atoms with Crippen LogP contribution in [-0.2, 0) is 4.79 Å². The summed E-state index contributed by atoms with van der Waals surface area (Å²) in [6, 6.07) is 4.24. The number of ketones is 1. The lowest BCUT2D eigenvalue weighted by atomic mass is 10.0. The van der Waals surface area contributed by atoms with Crippen LogP contribution in [0.3, 0.4) is 0 Å². The van der Waals surface area contributed by atoms with Gasteiger partial charge in [-0.1, -0.05) is 17.7 Å². The number of hydrogen-bond acceptors (Lipinski definition) is 2. The van der Waals surface area contributed by atoms with Crippen molar-refractivity contribution in [3.8, 4) is 0 Å². The molecule has 0 N–H and O–H groups in total. The summed E-state index contributed by atoms with van der Waals surface area (Å²) in [5.74, 6) is -0.356. The van der Waals surface area contributed by atoms with Gasteiger partial charge in [-0.2, -0.15) is 0 Å². The second-order valence-electron chi connectivity index (χ2n) is 4.02. The van der Waals surface area contributed by atoms with E-state index >= 15 is 0 Å². The van der Waals surface area contributed by atoms with Crippen molar-refractivity contribution in [2.75, 3.05) is 14.1 Å². The van der Waals surface area contributed by atoms with E-state index in [-0.39, 0.29) is 24.1 Å². The first-order valence-corrected chi connectivity index (χ1v) is 5.41. The normalized spacial score (nSPS) is 12.9. The lowest BCUT2D eigenvalue weighted by molar-refractivity contribution is -0.118. The van der Waals surface area contributed by atoms with Crippen LogP contribution in [0.1, 0.15) is 24.9 Å². The fourth-order valence-electron chi connectivity index (χ4n) is 1.64. The molecule has 1 atom stereocenters. The molecule has 0 aliphatic heterocycles. The molecule has 0 fully saturated rings. The topological polar surface area (TPSA) is 20.3 Å². The predicted molar refractivity (Wildman–Crippen MR) is 63.1 cm³/mol. The molecule has 4 heteroatoms. The summed E-state index contributed by atoms with van der Waals surface area (Å²) < 4.78 is 13.7. The third-order valence-electron chi connectivity index (χ3n) is 2.44. The van der Waals surface area contributed by atoms with Crippen LogP contribution in [0.5, 0.6) is 0 Å².